The van der Waals surface area contributed by atoms with E-state index in [9.17, 15) is 5.11 Å². The van der Waals surface area contributed by atoms with Gasteiger partial charge in [0.1, 0.15) is 17.1 Å². The molecule has 0 fully saturated rings. The van der Waals surface area contributed by atoms with Crippen molar-refractivity contribution >= 4 is 11.3 Å². The molecule has 0 spiro atoms. The van der Waals surface area contributed by atoms with E-state index in [4.69, 9.17) is 5.73 Å². The van der Waals surface area contributed by atoms with E-state index in [2.05, 4.69) is 9.97 Å². The molecule has 3 N–H and O–H groups in total. The topological polar surface area (TPSA) is 76.4 Å². The van der Waals surface area contributed by atoms with Crippen molar-refractivity contribution in [2.45, 2.75) is 0 Å². The summed E-state index contributed by atoms with van der Waals surface area (Å²) < 4.78 is 1.87. The van der Waals surface area contributed by atoms with Crippen molar-refractivity contribution in [1.29, 1.82) is 0 Å². The van der Waals surface area contributed by atoms with Gasteiger partial charge in [0.15, 0.2) is 0 Å². The molecule has 0 saturated carbocycles. The van der Waals surface area contributed by atoms with Gasteiger partial charge in [-0.2, -0.15) is 0 Å². The Morgan fingerprint density at radius 2 is 1.88 bits per heavy atom. The molecule has 0 saturated heterocycles. The van der Waals surface area contributed by atoms with E-state index in [1.54, 1.807) is 30.9 Å². The Labute approximate surface area is 97.2 Å². The maximum Gasteiger partial charge on any atom is 0.149 e. The molecule has 0 aliphatic heterocycles. The summed E-state index contributed by atoms with van der Waals surface area (Å²) in [6, 6.07) is 6.91. The van der Waals surface area contributed by atoms with Crippen LogP contribution in [0.3, 0.4) is 0 Å². The first kappa shape index (κ1) is 9.65. The smallest absolute Gasteiger partial charge is 0.149 e. The van der Waals surface area contributed by atoms with Gasteiger partial charge in [-0.25, -0.2) is 9.97 Å². The van der Waals surface area contributed by atoms with Crippen LogP contribution in [0.5, 0.6) is 5.75 Å². The highest BCUT2D eigenvalue weighted by molar-refractivity contribution is 5.71. The molecular weight excluding hydrogens is 216 g/mol. The second kappa shape index (κ2) is 3.48. The van der Waals surface area contributed by atoms with Crippen molar-refractivity contribution in [3.8, 4) is 17.0 Å². The van der Waals surface area contributed by atoms with Crippen molar-refractivity contribution in [1.82, 2.24) is 14.4 Å². The van der Waals surface area contributed by atoms with Gasteiger partial charge in [0, 0.05) is 5.56 Å². The first-order valence-corrected chi connectivity index (χ1v) is 5.11. The van der Waals surface area contributed by atoms with E-state index in [-0.39, 0.29) is 5.75 Å². The summed E-state index contributed by atoms with van der Waals surface area (Å²) in [7, 11) is 0. The van der Waals surface area contributed by atoms with Crippen LogP contribution in [0, 0.1) is 0 Å². The number of aromatic hydroxyl groups is 1. The van der Waals surface area contributed by atoms with Crippen LogP contribution >= 0.6 is 0 Å². The molecule has 1 aromatic carbocycles. The summed E-state index contributed by atoms with van der Waals surface area (Å²) in [4.78, 5) is 8.19. The van der Waals surface area contributed by atoms with Crippen molar-refractivity contribution in [3.63, 3.8) is 0 Å². The average Bonchev–Trinajstić information content (AvgIpc) is 2.81. The second-order valence-electron chi connectivity index (χ2n) is 3.72. The maximum absolute atomic E-state index is 9.27. The molecule has 84 valence electrons. The molecule has 0 unspecified atom stereocenters. The molecule has 2 aromatic heterocycles. The molecule has 0 aliphatic rings. The number of hydrogen-bond acceptors (Lipinski definition) is 4. The van der Waals surface area contributed by atoms with Crippen molar-refractivity contribution in [2.75, 3.05) is 5.73 Å². The van der Waals surface area contributed by atoms with Crippen LogP contribution in [-0.2, 0) is 0 Å². The fourth-order valence-electron chi connectivity index (χ4n) is 1.78. The summed E-state index contributed by atoms with van der Waals surface area (Å²) >= 11 is 0. The van der Waals surface area contributed by atoms with Gasteiger partial charge in [-0.15, -0.1) is 0 Å². The summed E-state index contributed by atoms with van der Waals surface area (Å²) in [5.41, 5.74) is 8.36. The van der Waals surface area contributed by atoms with Gasteiger partial charge < -0.3 is 10.8 Å². The third kappa shape index (κ3) is 1.48. The van der Waals surface area contributed by atoms with Crippen molar-refractivity contribution < 1.29 is 5.11 Å². The SMILES string of the molecule is Nc1ncc(-c2ccc(O)cc2)n2cncc12. The van der Waals surface area contributed by atoms with E-state index in [1.807, 2.05) is 16.5 Å². The van der Waals surface area contributed by atoms with E-state index >= 15 is 0 Å². The highest BCUT2D eigenvalue weighted by Crippen LogP contribution is 2.23. The summed E-state index contributed by atoms with van der Waals surface area (Å²) in [6.07, 6.45) is 5.05. The number of phenolic OH excluding ortho intramolecular Hbond substituents is 1. The number of rotatable bonds is 1. The third-order valence-electron chi connectivity index (χ3n) is 2.65. The van der Waals surface area contributed by atoms with Gasteiger partial charge >= 0.3 is 0 Å². The molecular formula is C12H10N4O. The number of phenols is 1. The van der Waals surface area contributed by atoms with Gasteiger partial charge in [-0.1, -0.05) is 0 Å². The van der Waals surface area contributed by atoms with E-state index in [0.29, 0.717) is 5.82 Å². The molecule has 3 aromatic rings. The number of hydrogen-bond donors (Lipinski definition) is 2. The Morgan fingerprint density at radius 1 is 1.12 bits per heavy atom. The monoisotopic (exact) mass is 226 g/mol. The maximum atomic E-state index is 9.27. The zero-order valence-electron chi connectivity index (χ0n) is 8.91. The summed E-state index contributed by atoms with van der Waals surface area (Å²) in [6.45, 7) is 0. The highest BCUT2D eigenvalue weighted by atomic mass is 16.3. The third-order valence-corrected chi connectivity index (χ3v) is 2.65. The number of benzene rings is 1. The van der Waals surface area contributed by atoms with Crippen molar-refractivity contribution in [2.24, 2.45) is 0 Å². The second-order valence-corrected chi connectivity index (χ2v) is 3.72. The lowest BCUT2D eigenvalue weighted by Gasteiger charge is -2.06. The molecule has 0 aliphatic carbocycles. The predicted molar refractivity (Wildman–Crippen MR) is 64.5 cm³/mol. The number of aromatic nitrogens is 3. The standard InChI is InChI=1S/C12H10N4O/c13-12-11-5-14-7-16(11)10(6-15-12)8-1-3-9(17)4-2-8/h1-7,17H,(H2,13,15). The van der Waals surface area contributed by atoms with Crippen LogP contribution in [0.2, 0.25) is 0 Å². The minimum absolute atomic E-state index is 0.235. The molecule has 0 amide bonds. The number of nitrogens with zero attached hydrogens (tertiary/aromatic N) is 3. The van der Waals surface area contributed by atoms with Gasteiger partial charge in [0.25, 0.3) is 0 Å². The van der Waals surface area contributed by atoms with Crippen LogP contribution in [0.25, 0.3) is 16.8 Å². The number of nitrogen functional groups attached to an aromatic ring is 1. The molecule has 0 atom stereocenters. The molecule has 5 nitrogen and oxygen atoms in total. The molecule has 17 heavy (non-hydrogen) atoms. The predicted octanol–water partition coefficient (Wildman–Crippen LogP) is 1.68. The van der Waals surface area contributed by atoms with Crippen LogP contribution in [0.4, 0.5) is 5.82 Å². The molecule has 0 radical (unpaired) electrons. The quantitative estimate of drug-likeness (QED) is 0.662. The minimum atomic E-state index is 0.235. The Hall–Kier alpha value is -2.56. The first-order chi connectivity index (χ1) is 8.25. The van der Waals surface area contributed by atoms with Gasteiger partial charge in [-0.3, -0.25) is 4.40 Å². The van der Waals surface area contributed by atoms with E-state index in [0.717, 1.165) is 16.8 Å². The lowest BCUT2D eigenvalue weighted by atomic mass is 10.1. The molecule has 3 rings (SSSR count). The fraction of sp³-hybridized carbons (Fsp3) is 0. The highest BCUT2D eigenvalue weighted by Gasteiger charge is 2.07. The average molecular weight is 226 g/mol. The van der Waals surface area contributed by atoms with Crippen LogP contribution < -0.4 is 5.73 Å². The number of imidazole rings is 1. The lowest BCUT2D eigenvalue weighted by molar-refractivity contribution is 0.475. The van der Waals surface area contributed by atoms with Gasteiger partial charge in [0.2, 0.25) is 0 Å². The number of fused-ring (bicyclic) bond motifs is 1. The van der Waals surface area contributed by atoms with E-state index in [1.165, 1.54) is 0 Å². The largest absolute Gasteiger partial charge is 0.508 e. The van der Waals surface area contributed by atoms with Gasteiger partial charge in [0.05, 0.1) is 24.4 Å². The first-order valence-electron chi connectivity index (χ1n) is 5.11. The lowest BCUT2D eigenvalue weighted by Crippen LogP contribution is -1.98. The normalized spacial score (nSPS) is 10.8. The van der Waals surface area contributed by atoms with E-state index < -0.39 is 0 Å². The zero-order valence-corrected chi connectivity index (χ0v) is 8.91. The Balaban J connectivity index is 2.27. The Morgan fingerprint density at radius 3 is 2.65 bits per heavy atom. The van der Waals surface area contributed by atoms with Crippen LogP contribution in [0.1, 0.15) is 0 Å². The molecule has 2 heterocycles. The Kier molecular flexibility index (Phi) is 1.98. The summed E-state index contributed by atoms with van der Waals surface area (Å²) in [5, 5.41) is 9.27. The fourth-order valence-corrected chi connectivity index (χ4v) is 1.78. The van der Waals surface area contributed by atoms with Gasteiger partial charge in [-0.05, 0) is 24.3 Å². The summed E-state index contributed by atoms with van der Waals surface area (Å²) in [5.74, 6) is 0.684. The minimum Gasteiger partial charge on any atom is -0.508 e. The zero-order chi connectivity index (χ0) is 11.8. The van der Waals surface area contributed by atoms with Crippen molar-refractivity contribution in [3.05, 3.63) is 43.0 Å². The number of anilines is 1. The molecule has 5 heteroatoms. The van der Waals surface area contributed by atoms with Crippen LogP contribution in [0.15, 0.2) is 43.0 Å². The Bertz CT molecular complexity index is 673. The van der Waals surface area contributed by atoms with Crippen LogP contribution in [-0.4, -0.2) is 19.5 Å². The number of nitrogens with two attached hydrogens (primary N) is 1. The molecule has 0 bridgehead atoms.